The highest BCUT2D eigenvalue weighted by Crippen LogP contribution is 2.18. The van der Waals surface area contributed by atoms with E-state index in [1.807, 2.05) is 49.7 Å². The van der Waals surface area contributed by atoms with Crippen LogP contribution in [0.15, 0.2) is 30.5 Å². The van der Waals surface area contributed by atoms with Crippen LogP contribution in [-0.4, -0.2) is 25.2 Å². The number of benzene rings is 1. The van der Waals surface area contributed by atoms with Crippen molar-refractivity contribution in [3.05, 3.63) is 41.7 Å². The van der Waals surface area contributed by atoms with E-state index in [1.165, 1.54) is 0 Å². The Morgan fingerprint density at radius 2 is 2.10 bits per heavy atom. The Hall–Kier alpha value is -2.63. The second kappa shape index (κ2) is 5.05. The maximum Gasteiger partial charge on any atom is 0.261 e. The third-order valence-electron chi connectivity index (χ3n) is 3.66. The first-order valence-electron chi connectivity index (χ1n) is 6.87. The summed E-state index contributed by atoms with van der Waals surface area (Å²) in [5, 5.41) is 7.04. The average Bonchev–Trinajstić information content (AvgIpc) is 3.01. The molecule has 6 heteroatoms. The molecule has 6 nitrogen and oxygen atoms in total. The van der Waals surface area contributed by atoms with Crippen LogP contribution in [0, 0.1) is 6.92 Å². The Balaban J connectivity index is 1.92. The summed E-state index contributed by atoms with van der Waals surface area (Å²) in [6.07, 6.45) is 1.59. The Labute approximate surface area is 122 Å². The molecule has 0 bridgehead atoms. The number of aromatic nitrogens is 4. The molecular weight excluding hydrogens is 266 g/mol. The van der Waals surface area contributed by atoms with Crippen LogP contribution < -0.4 is 5.32 Å². The minimum atomic E-state index is -0.189. The number of hydrogen-bond acceptors (Lipinski definition) is 3. The Morgan fingerprint density at radius 1 is 1.33 bits per heavy atom. The molecule has 1 aromatic carbocycles. The number of nitrogens with one attached hydrogen (secondary N) is 1. The maximum absolute atomic E-state index is 12.4. The van der Waals surface area contributed by atoms with E-state index in [0.29, 0.717) is 11.5 Å². The van der Waals surface area contributed by atoms with Gasteiger partial charge in [0, 0.05) is 19.3 Å². The number of carbonyl (C=O) groups is 1. The van der Waals surface area contributed by atoms with E-state index in [0.717, 1.165) is 23.3 Å². The summed E-state index contributed by atoms with van der Waals surface area (Å²) in [6, 6.07) is 7.77. The molecule has 0 spiro atoms. The molecule has 0 aliphatic carbocycles. The SMILES string of the molecule is CCn1ncc(C(=O)Nc2nc3ccccc3n2C)c1C. The molecule has 0 radical (unpaired) electrons. The predicted octanol–water partition coefficient (Wildman–Crippen LogP) is 2.35. The molecule has 0 fully saturated rings. The second-order valence-corrected chi connectivity index (χ2v) is 4.90. The van der Waals surface area contributed by atoms with Crippen molar-refractivity contribution in [2.45, 2.75) is 20.4 Å². The number of fused-ring (bicyclic) bond motifs is 1. The van der Waals surface area contributed by atoms with Crippen molar-refractivity contribution in [3.8, 4) is 0 Å². The van der Waals surface area contributed by atoms with Crippen molar-refractivity contribution in [2.75, 3.05) is 5.32 Å². The van der Waals surface area contributed by atoms with Crippen LogP contribution in [0.1, 0.15) is 23.0 Å². The minimum absolute atomic E-state index is 0.189. The highest BCUT2D eigenvalue weighted by Gasteiger charge is 2.16. The first-order valence-corrected chi connectivity index (χ1v) is 6.87. The lowest BCUT2D eigenvalue weighted by Gasteiger charge is -2.05. The number of anilines is 1. The standard InChI is InChI=1S/C15H17N5O/c1-4-20-10(2)11(9-16-20)14(21)18-15-17-12-7-5-6-8-13(12)19(15)3/h5-9H,4H2,1-3H3,(H,17,18,21). The zero-order chi connectivity index (χ0) is 15.0. The number of aryl methyl sites for hydroxylation is 2. The molecule has 1 N–H and O–H groups in total. The van der Waals surface area contributed by atoms with Gasteiger partial charge in [0.05, 0.1) is 22.8 Å². The summed E-state index contributed by atoms with van der Waals surface area (Å²) in [5.74, 6) is 0.343. The number of rotatable bonds is 3. The van der Waals surface area contributed by atoms with Crippen LogP contribution in [0.25, 0.3) is 11.0 Å². The van der Waals surface area contributed by atoms with Crippen molar-refractivity contribution >= 4 is 22.9 Å². The average molecular weight is 283 g/mol. The van der Waals surface area contributed by atoms with Crippen molar-refractivity contribution in [1.82, 2.24) is 19.3 Å². The Bertz CT molecular complexity index is 815. The quantitative estimate of drug-likeness (QED) is 0.802. The smallest absolute Gasteiger partial charge is 0.261 e. The van der Waals surface area contributed by atoms with Gasteiger partial charge in [0.2, 0.25) is 5.95 Å². The summed E-state index contributed by atoms with van der Waals surface area (Å²) in [7, 11) is 1.88. The highest BCUT2D eigenvalue weighted by atomic mass is 16.1. The lowest BCUT2D eigenvalue weighted by atomic mass is 10.2. The molecule has 0 unspecified atom stereocenters. The van der Waals surface area contributed by atoms with Crippen LogP contribution in [0.2, 0.25) is 0 Å². The molecule has 0 aliphatic heterocycles. The Morgan fingerprint density at radius 3 is 2.76 bits per heavy atom. The van der Waals surface area contributed by atoms with Gasteiger partial charge in [-0.1, -0.05) is 12.1 Å². The van der Waals surface area contributed by atoms with Gasteiger partial charge >= 0.3 is 0 Å². The minimum Gasteiger partial charge on any atom is -0.313 e. The van der Waals surface area contributed by atoms with E-state index >= 15 is 0 Å². The number of carbonyl (C=O) groups excluding carboxylic acids is 1. The molecule has 2 heterocycles. The van der Waals surface area contributed by atoms with Crippen molar-refractivity contribution in [1.29, 1.82) is 0 Å². The number of hydrogen-bond donors (Lipinski definition) is 1. The summed E-state index contributed by atoms with van der Waals surface area (Å²) < 4.78 is 3.66. The van der Waals surface area contributed by atoms with Gasteiger partial charge in [0.1, 0.15) is 0 Å². The topological polar surface area (TPSA) is 64.7 Å². The largest absolute Gasteiger partial charge is 0.313 e. The summed E-state index contributed by atoms with van der Waals surface area (Å²) in [6.45, 7) is 4.62. The molecule has 0 atom stereocenters. The maximum atomic E-state index is 12.4. The number of imidazole rings is 1. The second-order valence-electron chi connectivity index (χ2n) is 4.90. The fourth-order valence-corrected chi connectivity index (χ4v) is 2.41. The highest BCUT2D eigenvalue weighted by molar-refractivity contribution is 6.04. The number of amides is 1. The molecule has 108 valence electrons. The molecule has 0 saturated carbocycles. The van der Waals surface area contributed by atoms with E-state index < -0.39 is 0 Å². The van der Waals surface area contributed by atoms with Gasteiger partial charge in [0.25, 0.3) is 5.91 Å². The van der Waals surface area contributed by atoms with Gasteiger partial charge in [-0.15, -0.1) is 0 Å². The molecule has 2 aromatic heterocycles. The van der Waals surface area contributed by atoms with Gasteiger partial charge in [0.15, 0.2) is 0 Å². The van der Waals surface area contributed by atoms with Crippen LogP contribution in [0.3, 0.4) is 0 Å². The molecule has 21 heavy (non-hydrogen) atoms. The van der Waals surface area contributed by atoms with Crippen LogP contribution >= 0.6 is 0 Å². The van der Waals surface area contributed by atoms with Gasteiger partial charge in [-0.2, -0.15) is 5.10 Å². The van der Waals surface area contributed by atoms with Crippen LogP contribution in [0.4, 0.5) is 5.95 Å². The van der Waals surface area contributed by atoms with E-state index in [9.17, 15) is 4.79 Å². The third kappa shape index (κ3) is 2.18. The zero-order valence-electron chi connectivity index (χ0n) is 12.3. The van der Waals surface area contributed by atoms with E-state index in [1.54, 1.807) is 10.9 Å². The molecule has 3 rings (SSSR count). The van der Waals surface area contributed by atoms with Gasteiger partial charge < -0.3 is 4.57 Å². The monoisotopic (exact) mass is 283 g/mol. The van der Waals surface area contributed by atoms with E-state index in [4.69, 9.17) is 0 Å². The molecular formula is C15H17N5O. The summed E-state index contributed by atoms with van der Waals surface area (Å²) in [4.78, 5) is 16.8. The normalized spacial score (nSPS) is 11.0. The van der Waals surface area contributed by atoms with Crippen molar-refractivity contribution in [3.63, 3.8) is 0 Å². The molecule has 1 amide bonds. The van der Waals surface area contributed by atoms with Gasteiger partial charge in [-0.3, -0.25) is 14.8 Å². The summed E-state index contributed by atoms with van der Waals surface area (Å²) in [5.41, 5.74) is 3.27. The Kier molecular flexibility index (Phi) is 3.21. The van der Waals surface area contributed by atoms with Gasteiger partial charge in [-0.25, -0.2) is 4.98 Å². The van der Waals surface area contributed by atoms with E-state index in [-0.39, 0.29) is 5.91 Å². The molecule has 0 aliphatic rings. The molecule has 0 saturated heterocycles. The van der Waals surface area contributed by atoms with E-state index in [2.05, 4.69) is 15.4 Å². The van der Waals surface area contributed by atoms with Crippen molar-refractivity contribution in [2.24, 2.45) is 7.05 Å². The third-order valence-corrected chi connectivity index (χ3v) is 3.66. The van der Waals surface area contributed by atoms with Crippen LogP contribution in [-0.2, 0) is 13.6 Å². The van der Waals surface area contributed by atoms with Gasteiger partial charge in [-0.05, 0) is 26.0 Å². The number of nitrogens with zero attached hydrogens (tertiary/aromatic N) is 4. The fraction of sp³-hybridized carbons (Fsp3) is 0.267. The molecule has 3 aromatic rings. The fourth-order valence-electron chi connectivity index (χ4n) is 2.41. The number of para-hydroxylation sites is 2. The van der Waals surface area contributed by atoms with Crippen molar-refractivity contribution < 1.29 is 4.79 Å². The summed E-state index contributed by atoms with van der Waals surface area (Å²) >= 11 is 0. The first-order chi connectivity index (χ1) is 10.1. The first kappa shape index (κ1) is 13.4. The lowest BCUT2D eigenvalue weighted by Crippen LogP contribution is -2.16. The zero-order valence-corrected chi connectivity index (χ0v) is 12.3. The predicted molar refractivity (Wildman–Crippen MR) is 81.3 cm³/mol. The lowest BCUT2D eigenvalue weighted by molar-refractivity contribution is 0.102. The van der Waals surface area contributed by atoms with Crippen LogP contribution in [0.5, 0.6) is 0 Å².